The van der Waals surface area contributed by atoms with E-state index < -0.39 is 26.5 Å². The lowest BCUT2D eigenvalue weighted by atomic mass is 10.0. The summed E-state index contributed by atoms with van der Waals surface area (Å²) in [6.07, 6.45) is 75.8. The van der Waals surface area contributed by atoms with Crippen molar-refractivity contribution in [2.75, 3.05) is 47.5 Å². The Bertz CT molecular complexity index is 1620. The zero-order valence-corrected chi connectivity index (χ0v) is 48.9. The van der Waals surface area contributed by atoms with Crippen molar-refractivity contribution < 1.29 is 42.1 Å². The van der Waals surface area contributed by atoms with Gasteiger partial charge in [0.25, 0.3) is 0 Å². The van der Waals surface area contributed by atoms with Crippen LogP contribution in [0.2, 0.25) is 0 Å². The van der Waals surface area contributed by atoms with Gasteiger partial charge in [0.05, 0.1) is 27.7 Å². The lowest BCUT2D eigenvalue weighted by Crippen LogP contribution is -2.37. The molecule has 0 fully saturated rings. The summed E-state index contributed by atoms with van der Waals surface area (Å²) in [5.74, 6) is -0.813. The molecule has 0 aromatic heterocycles. The van der Waals surface area contributed by atoms with E-state index >= 15 is 0 Å². The molecule has 0 saturated heterocycles. The minimum Gasteiger partial charge on any atom is -0.462 e. The van der Waals surface area contributed by atoms with Crippen molar-refractivity contribution in [2.45, 2.75) is 238 Å². The number of hydrogen-bond acceptors (Lipinski definition) is 7. The van der Waals surface area contributed by atoms with E-state index in [0.717, 1.165) is 109 Å². The number of nitrogens with zero attached hydrogens (tertiary/aromatic N) is 1. The number of carbonyl (C=O) groups is 2. The van der Waals surface area contributed by atoms with E-state index in [2.05, 4.69) is 123 Å². The molecule has 0 aromatic carbocycles. The molecule has 0 radical (unpaired) electrons. The number of likely N-dealkylation sites (N-methyl/N-ethyl adjacent to an activating group) is 1. The molecule has 0 rings (SSSR count). The molecule has 1 N–H and O–H groups in total. The maximum absolute atomic E-state index is 12.8. The van der Waals surface area contributed by atoms with Crippen LogP contribution in [0.5, 0.6) is 0 Å². The van der Waals surface area contributed by atoms with Crippen LogP contribution in [0.4, 0.5) is 0 Å². The molecule has 2 unspecified atom stereocenters. The van der Waals surface area contributed by atoms with Crippen LogP contribution in [0.1, 0.15) is 232 Å². The van der Waals surface area contributed by atoms with Gasteiger partial charge in [0.15, 0.2) is 6.10 Å². The molecule has 0 aromatic rings. The van der Waals surface area contributed by atoms with Crippen molar-refractivity contribution in [3.05, 3.63) is 109 Å². The third kappa shape index (κ3) is 57.9. The van der Waals surface area contributed by atoms with Gasteiger partial charge in [0.2, 0.25) is 0 Å². The monoisotopic (exact) mass is 1050 g/mol. The fourth-order valence-corrected chi connectivity index (χ4v) is 8.47. The molecule has 0 aliphatic carbocycles. The van der Waals surface area contributed by atoms with Crippen molar-refractivity contribution in [3.8, 4) is 0 Å². The summed E-state index contributed by atoms with van der Waals surface area (Å²) in [5.41, 5.74) is 0. The minimum absolute atomic E-state index is 0.0250. The average molecular weight is 1050 g/mol. The van der Waals surface area contributed by atoms with Gasteiger partial charge in [-0.05, 0) is 103 Å². The van der Waals surface area contributed by atoms with Crippen LogP contribution in [0.3, 0.4) is 0 Å². The van der Waals surface area contributed by atoms with E-state index in [4.69, 9.17) is 18.5 Å². The van der Waals surface area contributed by atoms with Crippen LogP contribution in [0, 0.1) is 0 Å². The Hall–Kier alpha value is -3.33. The first kappa shape index (κ1) is 70.7. The van der Waals surface area contributed by atoms with E-state index in [1.165, 1.54) is 89.9 Å². The smallest absolute Gasteiger partial charge is 0.462 e. The van der Waals surface area contributed by atoms with Gasteiger partial charge in [-0.3, -0.25) is 18.6 Å². The largest absolute Gasteiger partial charge is 0.472 e. The second-order valence-electron chi connectivity index (χ2n) is 20.6. The normalized spacial score (nSPS) is 14.1. The van der Waals surface area contributed by atoms with Crippen LogP contribution in [-0.4, -0.2) is 74.9 Å². The van der Waals surface area contributed by atoms with E-state index in [9.17, 15) is 19.0 Å². The molecule has 0 spiro atoms. The summed E-state index contributed by atoms with van der Waals surface area (Å²) in [6, 6.07) is 0. The first-order valence-electron chi connectivity index (χ1n) is 29.6. The molecule has 10 heteroatoms. The number of phosphoric acid groups is 1. The third-order valence-electron chi connectivity index (χ3n) is 12.3. The van der Waals surface area contributed by atoms with Crippen LogP contribution in [0.25, 0.3) is 0 Å². The average Bonchev–Trinajstić information content (AvgIpc) is 3.36. The molecule has 0 bridgehead atoms. The van der Waals surface area contributed by atoms with Crippen molar-refractivity contribution in [1.29, 1.82) is 0 Å². The number of allylic oxidation sites excluding steroid dienone is 18. The first-order valence-corrected chi connectivity index (χ1v) is 31.1. The van der Waals surface area contributed by atoms with Crippen molar-refractivity contribution >= 4 is 19.8 Å². The summed E-state index contributed by atoms with van der Waals surface area (Å²) in [4.78, 5) is 35.7. The predicted molar refractivity (Wildman–Crippen MR) is 316 cm³/mol. The second-order valence-corrected chi connectivity index (χ2v) is 22.1. The highest BCUT2D eigenvalue weighted by molar-refractivity contribution is 7.47. The predicted octanol–water partition coefficient (Wildman–Crippen LogP) is 18.6. The molecule has 0 aliphatic heterocycles. The topological polar surface area (TPSA) is 108 Å². The van der Waals surface area contributed by atoms with Gasteiger partial charge in [-0.1, -0.05) is 226 Å². The fourth-order valence-electron chi connectivity index (χ4n) is 7.73. The van der Waals surface area contributed by atoms with Crippen LogP contribution >= 0.6 is 7.82 Å². The molecule has 74 heavy (non-hydrogen) atoms. The maximum Gasteiger partial charge on any atom is 0.472 e. The Morgan fingerprint density at radius 3 is 1.15 bits per heavy atom. The SMILES string of the molecule is CC/C=C\C/C=C\C/C=C\C/C=C\C/C=C\C/C=C\C/C=C\CCCCCCCCCCCCCC(=O)OC(COC(=O)CCCCCCCCC/C=C\C/C=C\CCCCC)COP(=O)(O)OCC[N+](C)(C)C. The first-order chi connectivity index (χ1) is 36.0. The molecule has 0 saturated carbocycles. The highest BCUT2D eigenvalue weighted by Gasteiger charge is 2.27. The molecule has 0 heterocycles. The molecular weight excluding hydrogens is 942 g/mol. The number of ether oxygens (including phenoxy) is 2. The van der Waals surface area contributed by atoms with Crippen molar-refractivity contribution in [3.63, 3.8) is 0 Å². The fraction of sp³-hybridized carbons (Fsp3) is 0.688. The van der Waals surface area contributed by atoms with E-state index in [-0.39, 0.29) is 32.0 Å². The number of hydrogen-bond donors (Lipinski definition) is 1. The Kier molecular flexibility index (Phi) is 52.0. The van der Waals surface area contributed by atoms with E-state index in [0.29, 0.717) is 17.4 Å². The molecule has 0 amide bonds. The van der Waals surface area contributed by atoms with Crippen LogP contribution in [-0.2, 0) is 32.7 Å². The number of unbranched alkanes of at least 4 members (excludes halogenated alkanes) is 21. The highest BCUT2D eigenvalue weighted by Crippen LogP contribution is 2.43. The second kappa shape index (κ2) is 54.5. The highest BCUT2D eigenvalue weighted by atomic mass is 31.2. The summed E-state index contributed by atoms with van der Waals surface area (Å²) in [7, 11) is 1.46. The lowest BCUT2D eigenvalue weighted by molar-refractivity contribution is -0.870. The van der Waals surface area contributed by atoms with Gasteiger partial charge in [-0.15, -0.1) is 0 Å². The van der Waals surface area contributed by atoms with Gasteiger partial charge in [0, 0.05) is 12.8 Å². The number of carbonyl (C=O) groups excluding carboxylic acids is 2. The Morgan fingerprint density at radius 1 is 0.432 bits per heavy atom. The van der Waals surface area contributed by atoms with Gasteiger partial charge in [-0.25, -0.2) is 4.57 Å². The summed E-state index contributed by atoms with van der Waals surface area (Å²) in [6.45, 7) is 4.28. The summed E-state index contributed by atoms with van der Waals surface area (Å²) in [5, 5.41) is 0. The quantitative estimate of drug-likeness (QED) is 0.0211. The molecule has 0 aliphatic rings. The Balaban J connectivity index is 4.15. The molecular formula is C64H111NO8P+. The number of phosphoric ester groups is 1. The third-order valence-corrected chi connectivity index (χ3v) is 13.3. The van der Waals surface area contributed by atoms with E-state index in [1.54, 1.807) is 0 Å². The number of rotatable bonds is 53. The maximum atomic E-state index is 12.8. The van der Waals surface area contributed by atoms with Crippen LogP contribution in [0.15, 0.2) is 109 Å². The van der Waals surface area contributed by atoms with Crippen molar-refractivity contribution in [2.24, 2.45) is 0 Å². The zero-order chi connectivity index (χ0) is 54.2. The van der Waals surface area contributed by atoms with Gasteiger partial charge >= 0.3 is 19.8 Å². The standard InChI is InChI=1S/C64H110NO8P/c1-6-8-10-12-14-16-18-20-22-24-25-26-27-28-29-30-31-32-33-34-35-36-37-38-39-41-43-45-47-49-51-53-55-57-64(67)73-62(61-72-74(68,69)71-59-58-65(3,4)5)60-70-63(66)56-54-52-50-48-46-44-42-40-23-21-19-17-15-13-11-9-7-2/h8,10,14-17,20-23,25-26,28-29,31-32,34-35,62H,6-7,9,11-13,18-19,24,27,30,33,36-61H2,1-5H3/p+1/b10-8-,16-14-,17-15-,22-20-,23-21-,26-25-,29-28-,32-31-,35-34-. The minimum atomic E-state index is -4.39. The summed E-state index contributed by atoms with van der Waals surface area (Å²) >= 11 is 0. The van der Waals surface area contributed by atoms with Gasteiger partial charge in [0.1, 0.15) is 19.8 Å². The van der Waals surface area contributed by atoms with Gasteiger partial charge < -0.3 is 18.9 Å². The zero-order valence-electron chi connectivity index (χ0n) is 48.0. The lowest BCUT2D eigenvalue weighted by Gasteiger charge is -2.24. The van der Waals surface area contributed by atoms with Gasteiger partial charge in [-0.2, -0.15) is 0 Å². The molecule has 424 valence electrons. The molecule has 9 nitrogen and oxygen atoms in total. The Morgan fingerprint density at radius 2 is 0.770 bits per heavy atom. The molecule has 2 atom stereocenters. The Labute approximate surface area is 455 Å². The summed E-state index contributed by atoms with van der Waals surface area (Å²) < 4.78 is 34.6. The van der Waals surface area contributed by atoms with Crippen LogP contribution < -0.4 is 0 Å². The number of esters is 2. The van der Waals surface area contributed by atoms with E-state index in [1.807, 2.05) is 21.1 Å². The van der Waals surface area contributed by atoms with Crippen molar-refractivity contribution in [1.82, 2.24) is 0 Å². The number of quaternary nitrogens is 1.